The van der Waals surface area contributed by atoms with E-state index < -0.39 is 5.97 Å². The number of aliphatic hydroxyl groups excluding tert-OH is 1. The molecule has 0 aromatic rings. The van der Waals surface area contributed by atoms with Gasteiger partial charge in [0, 0.05) is 6.61 Å². The zero-order valence-corrected chi connectivity index (χ0v) is 12.4. The molecule has 0 rings (SSSR count). The van der Waals surface area contributed by atoms with Crippen LogP contribution in [-0.2, 0) is 4.79 Å². The Kier molecular flexibility index (Phi) is 21.2. The second kappa shape index (κ2) is 19.1. The van der Waals surface area contributed by atoms with Crippen molar-refractivity contribution in [2.45, 2.75) is 71.1 Å². The van der Waals surface area contributed by atoms with Gasteiger partial charge < -0.3 is 10.2 Å². The van der Waals surface area contributed by atoms with E-state index in [1.54, 1.807) is 0 Å². The third-order valence-corrected chi connectivity index (χ3v) is 2.85. The first-order valence-corrected chi connectivity index (χ1v) is 7.61. The topological polar surface area (TPSA) is 57.5 Å². The summed E-state index contributed by atoms with van der Waals surface area (Å²) in [5.41, 5.74) is 0. The van der Waals surface area contributed by atoms with Crippen molar-refractivity contribution in [2.24, 2.45) is 0 Å². The van der Waals surface area contributed by atoms with E-state index in [1.165, 1.54) is 57.8 Å². The number of carbonyl (C=O) groups is 1. The SMILES string of the molecule is CCCCCCCCCCCCO.O=C(O)CCl. The molecule has 0 bridgehead atoms. The average molecular weight is 281 g/mol. The van der Waals surface area contributed by atoms with E-state index in [0.29, 0.717) is 6.61 Å². The number of unbranched alkanes of at least 4 members (excludes halogenated alkanes) is 9. The number of carboxylic acid groups (broad SMARTS) is 1. The van der Waals surface area contributed by atoms with Crippen LogP contribution in [0.5, 0.6) is 0 Å². The van der Waals surface area contributed by atoms with Crippen molar-refractivity contribution in [1.82, 2.24) is 0 Å². The maximum atomic E-state index is 9.24. The first-order valence-electron chi connectivity index (χ1n) is 7.07. The van der Waals surface area contributed by atoms with E-state index in [-0.39, 0.29) is 5.88 Å². The van der Waals surface area contributed by atoms with Crippen molar-refractivity contribution in [3.05, 3.63) is 0 Å². The first kappa shape index (κ1) is 20.0. The summed E-state index contributed by atoms with van der Waals surface area (Å²) in [5.74, 6) is -1.29. The van der Waals surface area contributed by atoms with Crippen LogP contribution in [0.15, 0.2) is 0 Å². The fourth-order valence-electron chi connectivity index (χ4n) is 1.60. The fourth-order valence-corrected chi connectivity index (χ4v) is 1.60. The average Bonchev–Trinajstić information content (AvgIpc) is 2.37. The molecule has 110 valence electrons. The molecule has 0 atom stereocenters. The van der Waals surface area contributed by atoms with Gasteiger partial charge >= 0.3 is 5.97 Å². The molecule has 0 aliphatic carbocycles. The highest BCUT2D eigenvalue weighted by atomic mass is 35.5. The van der Waals surface area contributed by atoms with Gasteiger partial charge in [0.25, 0.3) is 0 Å². The van der Waals surface area contributed by atoms with E-state index in [1.807, 2.05) is 0 Å². The molecule has 0 aliphatic rings. The molecule has 0 saturated heterocycles. The zero-order valence-electron chi connectivity index (χ0n) is 11.7. The maximum absolute atomic E-state index is 9.24. The standard InChI is InChI=1S/C12H26O.C2H3ClO2/c1-2-3-4-5-6-7-8-9-10-11-12-13;3-1-2(4)5/h13H,2-12H2,1H3;1H2,(H,4,5). The summed E-state index contributed by atoms with van der Waals surface area (Å²) in [5, 5.41) is 16.2. The van der Waals surface area contributed by atoms with Crippen LogP contribution in [0.2, 0.25) is 0 Å². The van der Waals surface area contributed by atoms with Crippen LogP contribution in [0.1, 0.15) is 71.1 Å². The molecule has 18 heavy (non-hydrogen) atoms. The second-order valence-corrected chi connectivity index (χ2v) is 4.70. The van der Waals surface area contributed by atoms with Gasteiger partial charge in [-0.05, 0) is 6.42 Å². The minimum atomic E-state index is -0.980. The summed E-state index contributed by atoms with van der Waals surface area (Å²) >= 11 is 4.74. The Morgan fingerprint density at radius 2 is 1.22 bits per heavy atom. The van der Waals surface area contributed by atoms with E-state index in [4.69, 9.17) is 21.8 Å². The highest BCUT2D eigenvalue weighted by Crippen LogP contribution is 2.09. The van der Waals surface area contributed by atoms with Crippen molar-refractivity contribution < 1.29 is 15.0 Å². The normalized spacial score (nSPS) is 9.72. The number of hydrogen-bond donors (Lipinski definition) is 2. The molecule has 0 amide bonds. The van der Waals surface area contributed by atoms with Crippen LogP contribution in [0.4, 0.5) is 0 Å². The van der Waals surface area contributed by atoms with Crippen LogP contribution < -0.4 is 0 Å². The molecule has 0 aromatic heterocycles. The molecular formula is C14H29ClO3. The van der Waals surface area contributed by atoms with Gasteiger partial charge in [0.2, 0.25) is 0 Å². The quantitative estimate of drug-likeness (QED) is 0.440. The Bertz CT molecular complexity index is 153. The van der Waals surface area contributed by atoms with Crippen molar-refractivity contribution in [3.8, 4) is 0 Å². The van der Waals surface area contributed by atoms with Crippen molar-refractivity contribution in [3.63, 3.8) is 0 Å². The van der Waals surface area contributed by atoms with Crippen molar-refractivity contribution in [1.29, 1.82) is 0 Å². The molecule has 4 heteroatoms. The Labute approximate surface area is 117 Å². The lowest BCUT2D eigenvalue weighted by Gasteiger charge is -2.00. The number of carboxylic acids is 1. The first-order chi connectivity index (χ1) is 8.68. The zero-order chi connectivity index (χ0) is 14.1. The number of halogens is 1. The summed E-state index contributed by atoms with van der Waals surface area (Å²) in [7, 11) is 0. The lowest BCUT2D eigenvalue weighted by atomic mass is 10.1. The van der Waals surface area contributed by atoms with Gasteiger partial charge in [0.15, 0.2) is 0 Å². The summed E-state index contributed by atoms with van der Waals surface area (Å²) in [6.07, 6.45) is 13.3. The van der Waals surface area contributed by atoms with Gasteiger partial charge in [-0.15, -0.1) is 11.6 Å². The monoisotopic (exact) mass is 280 g/mol. The molecule has 0 unspecified atom stereocenters. The molecule has 0 aromatic carbocycles. The van der Waals surface area contributed by atoms with Crippen LogP contribution >= 0.6 is 11.6 Å². The predicted octanol–water partition coefficient (Wildman–Crippen LogP) is 4.21. The Hall–Kier alpha value is -0.280. The van der Waals surface area contributed by atoms with E-state index >= 15 is 0 Å². The largest absolute Gasteiger partial charge is 0.480 e. The van der Waals surface area contributed by atoms with Gasteiger partial charge in [0.05, 0.1) is 0 Å². The third-order valence-electron chi connectivity index (χ3n) is 2.63. The Balaban J connectivity index is 0. The molecular weight excluding hydrogens is 252 g/mol. The van der Waals surface area contributed by atoms with Crippen LogP contribution in [0, 0.1) is 0 Å². The Morgan fingerprint density at radius 3 is 1.50 bits per heavy atom. The molecule has 0 saturated carbocycles. The van der Waals surface area contributed by atoms with E-state index in [9.17, 15) is 4.79 Å². The smallest absolute Gasteiger partial charge is 0.318 e. The predicted molar refractivity (Wildman–Crippen MR) is 77.3 cm³/mol. The third kappa shape index (κ3) is 24.8. The second-order valence-electron chi connectivity index (χ2n) is 4.43. The van der Waals surface area contributed by atoms with Gasteiger partial charge in [-0.2, -0.15) is 0 Å². The molecule has 0 heterocycles. The summed E-state index contributed by atoms with van der Waals surface area (Å²) in [6, 6.07) is 0. The van der Waals surface area contributed by atoms with Gasteiger partial charge in [-0.25, -0.2) is 0 Å². The molecule has 2 N–H and O–H groups in total. The highest BCUT2D eigenvalue weighted by molar-refractivity contribution is 6.26. The van der Waals surface area contributed by atoms with Crippen LogP contribution in [0.25, 0.3) is 0 Å². The number of aliphatic carboxylic acids is 1. The minimum Gasteiger partial charge on any atom is -0.480 e. The highest BCUT2D eigenvalue weighted by Gasteiger charge is 1.91. The molecule has 0 aliphatic heterocycles. The minimum absolute atomic E-state index is 0.306. The number of aliphatic hydroxyl groups is 1. The van der Waals surface area contributed by atoms with Crippen molar-refractivity contribution >= 4 is 17.6 Å². The number of hydrogen-bond acceptors (Lipinski definition) is 2. The van der Waals surface area contributed by atoms with E-state index in [0.717, 1.165) is 6.42 Å². The number of alkyl halides is 1. The fraction of sp³-hybridized carbons (Fsp3) is 0.929. The van der Waals surface area contributed by atoms with Crippen LogP contribution in [-0.4, -0.2) is 28.7 Å². The lowest BCUT2D eigenvalue weighted by Crippen LogP contribution is -1.92. The summed E-state index contributed by atoms with van der Waals surface area (Å²) < 4.78 is 0. The molecule has 0 radical (unpaired) electrons. The molecule has 3 nitrogen and oxygen atoms in total. The van der Waals surface area contributed by atoms with Crippen LogP contribution in [0.3, 0.4) is 0 Å². The summed E-state index contributed by atoms with van der Waals surface area (Å²) in [4.78, 5) is 9.24. The Morgan fingerprint density at radius 1 is 0.889 bits per heavy atom. The van der Waals surface area contributed by atoms with Gasteiger partial charge in [-0.1, -0.05) is 64.7 Å². The molecule has 0 fully saturated rings. The van der Waals surface area contributed by atoms with Crippen molar-refractivity contribution in [2.75, 3.05) is 12.5 Å². The maximum Gasteiger partial charge on any atom is 0.318 e. The van der Waals surface area contributed by atoms with Gasteiger partial charge in [-0.3, -0.25) is 4.79 Å². The molecule has 0 spiro atoms. The van der Waals surface area contributed by atoms with Gasteiger partial charge in [0.1, 0.15) is 5.88 Å². The summed E-state index contributed by atoms with van der Waals surface area (Å²) in [6.45, 7) is 2.63. The lowest BCUT2D eigenvalue weighted by molar-refractivity contribution is -0.134. The van der Waals surface area contributed by atoms with E-state index in [2.05, 4.69) is 6.92 Å². The number of rotatable bonds is 11.